The SMILES string of the molecule is Cc1nc(C(F)(F)F)ccc1S(=O)(=O)N1CCN(CC[C@@H]2COC(C)(C)O2)CC1. The number of piperazine rings is 1. The topological polar surface area (TPSA) is 72.0 Å². The number of halogens is 3. The van der Waals surface area contributed by atoms with Gasteiger partial charge in [0.05, 0.1) is 18.4 Å². The lowest BCUT2D eigenvalue weighted by atomic mass is 10.2. The fraction of sp³-hybridized carbons (Fsp3) is 0.722. The molecule has 1 aromatic rings. The van der Waals surface area contributed by atoms with Gasteiger partial charge < -0.3 is 14.4 Å². The van der Waals surface area contributed by atoms with E-state index in [1.165, 1.54) is 11.2 Å². The molecule has 0 aliphatic carbocycles. The summed E-state index contributed by atoms with van der Waals surface area (Å²) in [4.78, 5) is 5.41. The molecule has 2 fully saturated rings. The van der Waals surface area contributed by atoms with Gasteiger partial charge in [-0.3, -0.25) is 0 Å². The molecule has 3 rings (SSSR count). The first-order valence-electron chi connectivity index (χ1n) is 9.48. The molecule has 164 valence electrons. The maximum atomic E-state index is 12.9. The molecule has 11 heteroatoms. The lowest BCUT2D eigenvalue weighted by Gasteiger charge is -2.34. The van der Waals surface area contributed by atoms with Crippen LogP contribution in [0.5, 0.6) is 0 Å². The van der Waals surface area contributed by atoms with Crippen LogP contribution in [0.25, 0.3) is 0 Å². The third-order valence-electron chi connectivity index (χ3n) is 5.11. The van der Waals surface area contributed by atoms with Gasteiger partial charge in [-0.25, -0.2) is 13.4 Å². The molecule has 0 saturated carbocycles. The average Bonchev–Trinajstić information content (AvgIpc) is 2.98. The Morgan fingerprint density at radius 3 is 2.38 bits per heavy atom. The van der Waals surface area contributed by atoms with Crippen LogP contribution in [0.15, 0.2) is 17.0 Å². The van der Waals surface area contributed by atoms with Gasteiger partial charge >= 0.3 is 6.18 Å². The molecule has 0 N–H and O–H groups in total. The summed E-state index contributed by atoms with van der Waals surface area (Å²) in [7, 11) is -3.89. The van der Waals surface area contributed by atoms with Crippen molar-refractivity contribution in [1.82, 2.24) is 14.2 Å². The Kier molecular flexibility index (Phi) is 6.26. The number of hydrogen-bond donors (Lipinski definition) is 0. The van der Waals surface area contributed by atoms with Crippen molar-refractivity contribution in [2.24, 2.45) is 0 Å². The van der Waals surface area contributed by atoms with Crippen LogP contribution in [-0.4, -0.2) is 73.8 Å². The van der Waals surface area contributed by atoms with Gasteiger partial charge in [-0.15, -0.1) is 0 Å². The molecule has 2 aliphatic rings. The third kappa shape index (κ3) is 5.26. The second kappa shape index (κ2) is 8.10. The van der Waals surface area contributed by atoms with Crippen LogP contribution in [0, 0.1) is 6.92 Å². The number of nitrogens with zero attached hydrogens (tertiary/aromatic N) is 3. The number of aryl methyl sites for hydroxylation is 1. The number of ether oxygens (including phenoxy) is 2. The summed E-state index contributed by atoms with van der Waals surface area (Å²) in [5, 5.41) is 0. The summed E-state index contributed by atoms with van der Waals surface area (Å²) in [5.41, 5.74) is -1.25. The van der Waals surface area contributed by atoms with E-state index in [2.05, 4.69) is 9.88 Å². The van der Waals surface area contributed by atoms with Gasteiger partial charge in [0.25, 0.3) is 0 Å². The number of rotatable bonds is 5. The van der Waals surface area contributed by atoms with Gasteiger partial charge in [0.1, 0.15) is 10.6 Å². The molecule has 0 bridgehead atoms. The highest BCUT2D eigenvalue weighted by atomic mass is 32.2. The van der Waals surface area contributed by atoms with Crippen LogP contribution in [-0.2, 0) is 25.7 Å². The zero-order valence-electron chi connectivity index (χ0n) is 16.7. The molecule has 0 unspecified atom stereocenters. The maximum Gasteiger partial charge on any atom is 0.433 e. The molecule has 0 aromatic carbocycles. The Hall–Kier alpha value is -1.27. The Labute approximate surface area is 168 Å². The normalized spacial score (nSPS) is 24.1. The van der Waals surface area contributed by atoms with Crippen molar-refractivity contribution >= 4 is 10.0 Å². The third-order valence-corrected chi connectivity index (χ3v) is 7.14. The lowest BCUT2D eigenvalue weighted by molar-refractivity contribution is -0.141. The van der Waals surface area contributed by atoms with E-state index in [1.807, 2.05) is 13.8 Å². The monoisotopic (exact) mass is 437 g/mol. The molecule has 29 heavy (non-hydrogen) atoms. The highest BCUT2D eigenvalue weighted by Gasteiger charge is 2.36. The van der Waals surface area contributed by atoms with E-state index in [9.17, 15) is 21.6 Å². The molecule has 0 radical (unpaired) electrons. The van der Waals surface area contributed by atoms with Crippen molar-refractivity contribution in [3.63, 3.8) is 0 Å². The van der Waals surface area contributed by atoms with E-state index in [4.69, 9.17) is 9.47 Å². The molecular weight excluding hydrogens is 411 g/mol. The largest absolute Gasteiger partial charge is 0.433 e. The summed E-state index contributed by atoms with van der Waals surface area (Å²) < 4.78 is 76.7. The molecule has 3 heterocycles. The van der Waals surface area contributed by atoms with Crippen LogP contribution in [0.3, 0.4) is 0 Å². The minimum atomic E-state index is -4.61. The van der Waals surface area contributed by atoms with Crippen molar-refractivity contribution in [1.29, 1.82) is 0 Å². The number of sulfonamides is 1. The van der Waals surface area contributed by atoms with Crippen molar-refractivity contribution in [2.45, 2.75) is 50.2 Å². The molecule has 0 amide bonds. The average molecular weight is 437 g/mol. The fourth-order valence-corrected chi connectivity index (χ4v) is 5.12. The van der Waals surface area contributed by atoms with Crippen molar-refractivity contribution < 1.29 is 31.1 Å². The van der Waals surface area contributed by atoms with Crippen LogP contribution in [0.2, 0.25) is 0 Å². The van der Waals surface area contributed by atoms with Gasteiger partial charge in [0, 0.05) is 32.7 Å². The van der Waals surface area contributed by atoms with Gasteiger partial charge in [-0.2, -0.15) is 17.5 Å². The maximum absolute atomic E-state index is 12.9. The first-order valence-corrected chi connectivity index (χ1v) is 10.9. The standard InChI is InChI=1S/C18H26F3N3O4S/c1-13-15(4-5-16(22-13)18(19,20)21)29(25,26)24-10-8-23(9-11-24)7-6-14-12-27-17(2,3)28-14/h4-5,14H,6-12H2,1-3H3/t14-/m1/s1. The molecule has 0 spiro atoms. The summed E-state index contributed by atoms with van der Waals surface area (Å²) in [5.74, 6) is -0.564. The second-order valence-corrected chi connectivity index (χ2v) is 9.67. The van der Waals surface area contributed by atoms with Crippen molar-refractivity contribution in [3.05, 3.63) is 23.5 Å². The molecule has 2 aliphatic heterocycles. The highest BCUT2D eigenvalue weighted by molar-refractivity contribution is 7.89. The second-order valence-electron chi connectivity index (χ2n) is 7.76. The van der Waals surface area contributed by atoms with E-state index in [-0.39, 0.29) is 29.8 Å². The van der Waals surface area contributed by atoms with Crippen molar-refractivity contribution in [3.8, 4) is 0 Å². The molecule has 1 atom stereocenters. The summed E-state index contributed by atoms with van der Waals surface area (Å²) >= 11 is 0. The molecule has 1 aromatic heterocycles. The first kappa shape index (κ1) is 22.4. The number of aromatic nitrogens is 1. The summed E-state index contributed by atoms with van der Waals surface area (Å²) in [6.07, 6.45) is -3.80. The Morgan fingerprint density at radius 2 is 1.86 bits per heavy atom. The predicted octanol–water partition coefficient (Wildman–Crippen LogP) is 2.26. The van der Waals surface area contributed by atoms with Gasteiger partial charge in [0.2, 0.25) is 10.0 Å². The van der Waals surface area contributed by atoms with E-state index >= 15 is 0 Å². The van der Waals surface area contributed by atoms with Gasteiger partial charge in [-0.05, 0) is 39.3 Å². The number of hydrogen-bond acceptors (Lipinski definition) is 6. The van der Waals surface area contributed by atoms with Crippen molar-refractivity contribution in [2.75, 3.05) is 39.3 Å². The zero-order chi connectivity index (χ0) is 21.4. The van der Waals surface area contributed by atoms with Crippen LogP contribution >= 0.6 is 0 Å². The minimum absolute atomic E-state index is 0.0210. The Bertz CT molecular complexity index is 837. The van der Waals surface area contributed by atoms with Crippen LogP contribution in [0.4, 0.5) is 13.2 Å². The zero-order valence-corrected chi connectivity index (χ0v) is 17.5. The van der Waals surface area contributed by atoms with E-state index < -0.39 is 27.7 Å². The fourth-order valence-electron chi connectivity index (χ4n) is 3.54. The summed E-state index contributed by atoms with van der Waals surface area (Å²) in [6, 6.07) is 1.70. The predicted molar refractivity (Wildman–Crippen MR) is 98.7 cm³/mol. The minimum Gasteiger partial charge on any atom is -0.348 e. The van der Waals surface area contributed by atoms with E-state index in [1.54, 1.807) is 0 Å². The highest BCUT2D eigenvalue weighted by Crippen LogP contribution is 2.30. The van der Waals surface area contributed by atoms with Gasteiger partial charge in [-0.1, -0.05) is 0 Å². The Morgan fingerprint density at radius 1 is 1.21 bits per heavy atom. The van der Waals surface area contributed by atoms with Crippen LogP contribution < -0.4 is 0 Å². The Balaban J connectivity index is 1.57. The number of alkyl halides is 3. The number of pyridine rings is 1. The summed E-state index contributed by atoms with van der Waals surface area (Å²) in [6.45, 7) is 7.96. The molecular formula is C18H26F3N3O4S. The van der Waals surface area contributed by atoms with E-state index in [0.717, 1.165) is 19.0 Å². The van der Waals surface area contributed by atoms with Crippen LogP contribution in [0.1, 0.15) is 31.7 Å². The molecule has 2 saturated heterocycles. The molecule has 7 nitrogen and oxygen atoms in total. The smallest absolute Gasteiger partial charge is 0.348 e. The first-order chi connectivity index (χ1) is 13.4. The quantitative estimate of drug-likeness (QED) is 0.704. The lowest BCUT2D eigenvalue weighted by Crippen LogP contribution is -2.49. The van der Waals surface area contributed by atoms with E-state index in [0.29, 0.717) is 25.8 Å². The van der Waals surface area contributed by atoms with Gasteiger partial charge in [0.15, 0.2) is 5.79 Å².